The van der Waals surface area contributed by atoms with Crippen molar-refractivity contribution >= 4 is 17.8 Å². The van der Waals surface area contributed by atoms with Gasteiger partial charge in [0.25, 0.3) is 0 Å². The number of carboxylic acids is 1. The summed E-state index contributed by atoms with van der Waals surface area (Å²) in [6.45, 7) is 0.952. The fourth-order valence-corrected chi connectivity index (χ4v) is 3.48. The fraction of sp³-hybridized carbons (Fsp3) is 0.800. The van der Waals surface area contributed by atoms with Crippen molar-refractivity contribution in [3.05, 3.63) is 0 Å². The molecule has 2 N–H and O–H groups in total. The monoisotopic (exact) mass is 294 g/mol. The van der Waals surface area contributed by atoms with Gasteiger partial charge in [-0.25, -0.2) is 0 Å². The minimum Gasteiger partial charge on any atom is -0.481 e. The molecule has 2 amide bonds. The molecule has 0 radical (unpaired) electrons. The molecule has 1 saturated heterocycles. The van der Waals surface area contributed by atoms with Crippen LogP contribution >= 0.6 is 0 Å². The average Bonchev–Trinajstić information content (AvgIpc) is 3.15. The highest BCUT2D eigenvalue weighted by Crippen LogP contribution is 2.43. The third-order valence-electron chi connectivity index (χ3n) is 5.09. The Labute approximate surface area is 123 Å². The molecule has 0 aromatic heterocycles. The van der Waals surface area contributed by atoms with Crippen LogP contribution in [0.15, 0.2) is 0 Å². The van der Waals surface area contributed by atoms with Crippen LogP contribution in [0.5, 0.6) is 0 Å². The molecule has 2 aliphatic carbocycles. The lowest BCUT2D eigenvalue weighted by atomic mass is 9.66. The van der Waals surface area contributed by atoms with Crippen LogP contribution in [-0.4, -0.2) is 46.9 Å². The van der Waals surface area contributed by atoms with Crippen LogP contribution in [0.4, 0.5) is 0 Å². The highest BCUT2D eigenvalue weighted by Gasteiger charge is 2.43. The van der Waals surface area contributed by atoms with E-state index in [2.05, 4.69) is 5.32 Å². The molecular weight excluding hydrogens is 272 g/mol. The summed E-state index contributed by atoms with van der Waals surface area (Å²) in [6.07, 6.45) is 5.28. The molecular formula is C15H22N2O4. The Morgan fingerprint density at radius 3 is 2.57 bits per heavy atom. The molecule has 1 unspecified atom stereocenters. The van der Waals surface area contributed by atoms with Crippen LogP contribution in [-0.2, 0) is 14.4 Å². The van der Waals surface area contributed by atoms with E-state index < -0.39 is 5.97 Å². The first-order valence-corrected chi connectivity index (χ1v) is 7.78. The standard InChI is InChI=1S/C15H22N2O4/c18-12-6-10(8-17(12)11-2-3-11)14(21)16-9-15(4-1-5-15)7-13(19)20/h10-11H,1-9H2,(H,16,21)(H,19,20). The predicted octanol–water partition coefficient (Wildman–Crippen LogP) is 0.758. The van der Waals surface area contributed by atoms with Gasteiger partial charge in [-0.3, -0.25) is 14.4 Å². The molecule has 116 valence electrons. The Morgan fingerprint density at radius 2 is 2.05 bits per heavy atom. The average molecular weight is 294 g/mol. The van der Waals surface area contributed by atoms with Crippen molar-refractivity contribution in [2.24, 2.45) is 11.3 Å². The molecule has 0 aromatic rings. The number of carbonyl (C=O) groups excluding carboxylic acids is 2. The van der Waals surface area contributed by atoms with E-state index in [4.69, 9.17) is 5.11 Å². The normalized spacial score (nSPS) is 27.3. The second-order valence-corrected chi connectivity index (χ2v) is 6.82. The Balaban J connectivity index is 1.50. The lowest BCUT2D eigenvalue weighted by Gasteiger charge is -2.41. The summed E-state index contributed by atoms with van der Waals surface area (Å²) in [5.74, 6) is -1.08. The highest BCUT2D eigenvalue weighted by atomic mass is 16.4. The molecule has 1 aliphatic heterocycles. The largest absolute Gasteiger partial charge is 0.481 e. The predicted molar refractivity (Wildman–Crippen MR) is 74.4 cm³/mol. The fourth-order valence-electron chi connectivity index (χ4n) is 3.48. The van der Waals surface area contributed by atoms with Gasteiger partial charge in [0.15, 0.2) is 0 Å². The summed E-state index contributed by atoms with van der Waals surface area (Å²) in [5, 5.41) is 11.9. The summed E-state index contributed by atoms with van der Waals surface area (Å²) in [7, 11) is 0. The number of nitrogens with one attached hydrogen (secondary N) is 1. The van der Waals surface area contributed by atoms with Crippen molar-refractivity contribution in [1.82, 2.24) is 10.2 Å². The molecule has 3 aliphatic rings. The van der Waals surface area contributed by atoms with E-state index in [-0.39, 0.29) is 29.6 Å². The zero-order valence-electron chi connectivity index (χ0n) is 12.1. The molecule has 1 heterocycles. The first kappa shape index (κ1) is 14.4. The molecule has 21 heavy (non-hydrogen) atoms. The minimum atomic E-state index is -0.806. The molecule has 1 atom stereocenters. The van der Waals surface area contributed by atoms with Gasteiger partial charge in [0, 0.05) is 25.6 Å². The van der Waals surface area contributed by atoms with Crippen molar-refractivity contribution in [1.29, 1.82) is 0 Å². The topological polar surface area (TPSA) is 86.7 Å². The number of likely N-dealkylation sites (tertiary alicyclic amines) is 1. The zero-order valence-corrected chi connectivity index (χ0v) is 12.1. The lowest BCUT2D eigenvalue weighted by molar-refractivity contribution is -0.142. The van der Waals surface area contributed by atoms with Crippen molar-refractivity contribution < 1.29 is 19.5 Å². The van der Waals surface area contributed by atoms with Crippen molar-refractivity contribution in [3.8, 4) is 0 Å². The van der Waals surface area contributed by atoms with Gasteiger partial charge >= 0.3 is 5.97 Å². The summed E-state index contributed by atoms with van der Waals surface area (Å²) in [4.78, 5) is 36.8. The molecule has 6 nitrogen and oxygen atoms in total. The summed E-state index contributed by atoms with van der Waals surface area (Å²) in [5.41, 5.74) is -0.264. The molecule has 0 spiro atoms. The molecule has 0 bridgehead atoms. The van der Waals surface area contributed by atoms with E-state index >= 15 is 0 Å². The highest BCUT2D eigenvalue weighted by molar-refractivity contribution is 5.89. The van der Waals surface area contributed by atoms with Crippen LogP contribution in [0, 0.1) is 11.3 Å². The number of hydrogen-bond acceptors (Lipinski definition) is 3. The van der Waals surface area contributed by atoms with Crippen molar-refractivity contribution in [2.75, 3.05) is 13.1 Å². The molecule has 3 fully saturated rings. The molecule has 0 aromatic carbocycles. The second kappa shape index (κ2) is 5.31. The number of nitrogens with zero attached hydrogens (tertiary/aromatic N) is 1. The van der Waals surface area contributed by atoms with Gasteiger partial charge in [0.2, 0.25) is 11.8 Å². The van der Waals surface area contributed by atoms with Crippen LogP contribution in [0.2, 0.25) is 0 Å². The number of carboxylic acid groups (broad SMARTS) is 1. The Morgan fingerprint density at radius 1 is 1.33 bits per heavy atom. The third-order valence-corrected chi connectivity index (χ3v) is 5.09. The number of amides is 2. The molecule has 2 saturated carbocycles. The van der Waals surface area contributed by atoms with Crippen LogP contribution in [0.3, 0.4) is 0 Å². The van der Waals surface area contributed by atoms with Crippen LogP contribution < -0.4 is 5.32 Å². The van der Waals surface area contributed by atoms with Gasteiger partial charge in [-0.2, -0.15) is 0 Å². The van der Waals surface area contributed by atoms with Gasteiger partial charge < -0.3 is 15.3 Å². The summed E-state index contributed by atoms with van der Waals surface area (Å²) >= 11 is 0. The maximum atomic E-state index is 12.2. The Kier molecular flexibility index (Phi) is 3.63. The first-order chi connectivity index (χ1) is 9.99. The SMILES string of the molecule is O=C(O)CC1(CNC(=O)C2CC(=O)N(C3CC3)C2)CCC1. The van der Waals surface area contributed by atoms with Gasteiger partial charge in [-0.1, -0.05) is 6.42 Å². The van der Waals surface area contributed by atoms with E-state index in [0.29, 0.717) is 25.6 Å². The van der Waals surface area contributed by atoms with Crippen molar-refractivity contribution in [3.63, 3.8) is 0 Å². The third kappa shape index (κ3) is 3.04. The van der Waals surface area contributed by atoms with Crippen LogP contribution in [0.25, 0.3) is 0 Å². The van der Waals surface area contributed by atoms with E-state index in [1.54, 1.807) is 0 Å². The zero-order chi connectivity index (χ0) is 15.0. The van der Waals surface area contributed by atoms with Gasteiger partial charge in [-0.05, 0) is 31.1 Å². The van der Waals surface area contributed by atoms with Crippen molar-refractivity contribution in [2.45, 2.75) is 51.0 Å². The summed E-state index contributed by atoms with van der Waals surface area (Å²) in [6, 6.07) is 0.361. The van der Waals surface area contributed by atoms with E-state index in [1.165, 1.54) is 0 Å². The maximum absolute atomic E-state index is 12.2. The number of hydrogen-bond donors (Lipinski definition) is 2. The number of aliphatic carboxylic acids is 1. The lowest BCUT2D eigenvalue weighted by Crippen LogP contribution is -2.45. The van der Waals surface area contributed by atoms with Gasteiger partial charge in [0.1, 0.15) is 0 Å². The van der Waals surface area contributed by atoms with E-state index in [0.717, 1.165) is 32.1 Å². The minimum absolute atomic E-state index is 0.0848. The number of rotatable bonds is 6. The van der Waals surface area contributed by atoms with Gasteiger partial charge in [-0.15, -0.1) is 0 Å². The smallest absolute Gasteiger partial charge is 0.303 e. The Hall–Kier alpha value is -1.59. The second-order valence-electron chi connectivity index (χ2n) is 6.82. The maximum Gasteiger partial charge on any atom is 0.303 e. The quantitative estimate of drug-likeness (QED) is 0.757. The van der Waals surface area contributed by atoms with Crippen LogP contribution in [0.1, 0.15) is 44.9 Å². The van der Waals surface area contributed by atoms with E-state index in [1.807, 2.05) is 4.90 Å². The molecule has 3 rings (SSSR count). The van der Waals surface area contributed by atoms with Gasteiger partial charge in [0.05, 0.1) is 12.3 Å². The number of carbonyl (C=O) groups is 3. The first-order valence-electron chi connectivity index (χ1n) is 7.78. The Bertz CT molecular complexity index is 468. The molecule has 6 heteroatoms. The van der Waals surface area contributed by atoms with E-state index in [9.17, 15) is 14.4 Å². The summed E-state index contributed by atoms with van der Waals surface area (Å²) < 4.78 is 0.